The minimum atomic E-state index is -4.83. The Morgan fingerprint density at radius 3 is 1.49 bits per heavy atom. The fourth-order valence-electron chi connectivity index (χ4n) is 2.80. The molecule has 2 aromatic rings. The van der Waals surface area contributed by atoms with Crippen LogP contribution in [0.5, 0.6) is 0 Å². The first-order chi connectivity index (χ1) is 16.4. The van der Waals surface area contributed by atoms with Crippen LogP contribution < -0.4 is 0 Å². The molecule has 0 amide bonds. The maximum absolute atomic E-state index is 12.5. The van der Waals surface area contributed by atoms with Gasteiger partial charge in [-0.05, 0) is 42.2 Å². The van der Waals surface area contributed by atoms with E-state index in [4.69, 9.17) is 4.74 Å². The molecule has 0 saturated heterocycles. The van der Waals surface area contributed by atoms with Crippen LogP contribution in [0.25, 0.3) is 0 Å². The SMILES string of the molecule is CC.CC.CC.COC(C)c1cc(C(F)(F)F)cc(C(F)(F)F)c1.O=C1CC(c2ccccc2)C1. The molecule has 8 heteroatoms. The number of Topliss-reactive ketones (excluding diaryl/α,β-unsaturated/α-hetero) is 1. The second-order valence-electron chi connectivity index (χ2n) is 6.77. The maximum Gasteiger partial charge on any atom is 0.416 e. The van der Waals surface area contributed by atoms with Crippen LogP contribution in [0.15, 0.2) is 48.5 Å². The molecule has 1 unspecified atom stereocenters. The molecule has 0 N–H and O–H groups in total. The van der Waals surface area contributed by atoms with Crippen LogP contribution in [0.2, 0.25) is 0 Å². The molecule has 1 aliphatic rings. The number of alkyl halides is 6. The highest BCUT2D eigenvalue weighted by Crippen LogP contribution is 2.37. The summed E-state index contributed by atoms with van der Waals surface area (Å²) in [5.41, 5.74) is -1.53. The van der Waals surface area contributed by atoms with E-state index in [1.807, 2.05) is 59.7 Å². The zero-order valence-electron chi connectivity index (χ0n) is 21.8. The van der Waals surface area contributed by atoms with Gasteiger partial charge in [0.15, 0.2) is 0 Å². The second-order valence-corrected chi connectivity index (χ2v) is 6.77. The molecule has 1 atom stereocenters. The van der Waals surface area contributed by atoms with Gasteiger partial charge in [0.05, 0.1) is 17.2 Å². The third-order valence-electron chi connectivity index (χ3n) is 4.65. The number of ether oxygens (including phenoxy) is 1. The summed E-state index contributed by atoms with van der Waals surface area (Å²) < 4.78 is 79.7. The van der Waals surface area contributed by atoms with Crippen molar-refractivity contribution < 1.29 is 35.9 Å². The van der Waals surface area contributed by atoms with Gasteiger partial charge in [-0.2, -0.15) is 26.3 Å². The van der Waals surface area contributed by atoms with Crippen LogP contribution in [0, 0.1) is 0 Å². The van der Waals surface area contributed by atoms with Gasteiger partial charge in [0.25, 0.3) is 0 Å². The van der Waals surface area contributed by atoms with Crippen molar-refractivity contribution in [1.29, 1.82) is 0 Å². The van der Waals surface area contributed by atoms with Gasteiger partial charge in [0, 0.05) is 20.0 Å². The molecule has 3 rings (SSSR count). The van der Waals surface area contributed by atoms with E-state index >= 15 is 0 Å². The Balaban J connectivity index is 0. The molecular weight excluding hydrogens is 470 g/mol. The zero-order valence-corrected chi connectivity index (χ0v) is 21.8. The normalized spacial score (nSPS) is 13.7. The summed E-state index contributed by atoms with van der Waals surface area (Å²) in [6, 6.07) is 11.6. The lowest BCUT2D eigenvalue weighted by atomic mass is 9.79. The lowest BCUT2D eigenvalue weighted by Gasteiger charge is -2.24. The van der Waals surface area contributed by atoms with Gasteiger partial charge in [0.2, 0.25) is 0 Å². The number of hydrogen-bond acceptors (Lipinski definition) is 2. The molecule has 0 radical (unpaired) electrons. The monoisotopic (exact) mass is 508 g/mol. The third kappa shape index (κ3) is 12.3. The smallest absolute Gasteiger partial charge is 0.377 e. The number of methoxy groups -OCH3 is 1. The second kappa shape index (κ2) is 17.1. The summed E-state index contributed by atoms with van der Waals surface area (Å²) in [6.07, 6.45) is -9.01. The van der Waals surface area contributed by atoms with Crippen molar-refractivity contribution in [2.75, 3.05) is 7.11 Å². The van der Waals surface area contributed by atoms with Crippen LogP contribution in [-0.4, -0.2) is 12.9 Å². The largest absolute Gasteiger partial charge is 0.416 e. The molecule has 2 aromatic carbocycles. The van der Waals surface area contributed by atoms with Gasteiger partial charge in [-0.25, -0.2) is 0 Å². The maximum atomic E-state index is 12.5. The van der Waals surface area contributed by atoms with Crippen molar-refractivity contribution in [2.45, 2.75) is 85.7 Å². The summed E-state index contributed by atoms with van der Waals surface area (Å²) in [7, 11) is 1.21. The van der Waals surface area contributed by atoms with E-state index in [1.165, 1.54) is 19.6 Å². The van der Waals surface area contributed by atoms with Crippen LogP contribution in [0.3, 0.4) is 0 Å². The number of hydrogen-bond donors (Lipinski definition) is 0. The van der Waals surface area contributed by atoms with Crippen molar-refractivity contribution in [1.82, 2.24) is 0 Å². The first-order valence-corrected chi connectivity index (χ1v) is 11.8. The topological polar surface area (TPSA) is 26.3 Å². The highest BCUT2D eigenvalue weighted by Gasteiger charge is 2.37. The van der Waals surface area contributed by atoms with E-state index in [1.54, 1.807) is 0 Å². The molecule has 35 heavy (non-hydrogen) atoms. The Labute approximate surface area is 205 Å². The highest BCUT2D eigenvalue weighted by molar-refractivity contribution is 5.86. The summed E-state index contributed by atoms with van der Waals surface area (Å²) in [4.78, 5) is 10.7. The zero-order chi connectivity index (χ0) is 27.8. The van der Waals surface area contributed by atoms with E-state index in [9.17, 15) is 31.1 Å². The van der Waals surface area contributed by atoms with Gasteiger partial charge in [-0.15, -0.1) is 0 Å². The molecule has 0 aliphatic heterocycles. The van der Waals surface area contributed by atoms with E-state index < -0.39 is 29.6 Å². The average molecular weight is 509 g/mol. The van der Waals surface area contributed by atoms with Crippen molar-refractivity contribution in [3.63, 3.8) is 0 Å². The van der Waals surface area contributed by atoms with Gasteiger partial charge in [-0.3, -0.25) is 4.79 Å². The van der Waals surface area contributed by atoms with Gasteiger partial charge in [-0.1, -0.05) is 71.9 Å². The number of halogens is 6. The van der Waals surface area contributed by atoms with E-state index in [-0.39, 0.29) is 11.6 Å². The molecule has 1 saturated carbocycles. The Morgan fingerprint density at radius 1 is 0.771 bits per heavy atom. The van der Waals surface area contributed by atoms with Crippen molar-refractivity contribution >= 4 is 5.78 Å². The summed E-state index contributed by atoms with van der Waals surface area (Å²) in [5, 5.41) is 0. The van der Waals surface area contributed by atoms with E-state index in [2.05, 4.69) is 12.1 Å². The Hall–Kier alpha value is -2.35. The standard InChI is InChI=1S/C11H10F6O.C10H10O.3C2H6/c1-6(18-2)7-3-8(10(12,13)14)5-9(4-7)11(15,16)17;11-10-6-9(7-10)8-4-2-1-3-5-8;3*1-2/h3-6H,1-2H3;1-5,9H,6-7H2;3*1-2H3. The van der Waals surface area contributed by atoms with Crippen LogP contribution in [-0.2, 0) is 21.9 Å². The van der Waals surface area contributed by atoms with Crippen LogP contribution in [0.4, 0.5) is 26.3 Å². The van der Waals surface area contributed by atoms with Crippen molar-refractivity contribution in [3.05, 3.63) is 70.8 Å². The minimum Gasteiger partial charge on any atom is -0.377 e. The van der Waals surface area contributed by atoms with Crippen LogP contribution in [0.1, 0.15) is 95.6 Å². The number of benzene rings is 2. The van der Waals surface area contributed by atoms with Gasteiger partial charge < -0.3 is 4.74 Å². The number of carbonyl (C=O) groups is 1. The summed E-state index contributed by atoms with van der Waals surface area (Å²) >= 11 is 0. The number of rotatable bonds is 3. The van der Waals surface area contributed by atoms with E-state index in [0.717, 1.165) is 12.8 Å². The first-order valence-electron chi connectivity index (χ1n) is 11.8. The predicted molar refractivity (Wildman–Crippen MR) is 129 cm³/mol. The fraction of sp³-hybridized carbons (Fsp3) is 0.519. The minimum absolute atomic E-state index is 0.0892. The molecule has 1 fully saturated rings. The molecule has 2 nitrogen and oxygen atoms in total. The van der Waals surface area contributed by atoms with Crippen LogP contribution >= 0.6 is 0 Å². The summed E-state index contributed by atoms with van der Waals surface area (Å²) in [5.74, 6) is 0.919. The first kappa shape index (κ1) is 34.8. The number of ketones is 1. The average Bonchev–Trinajstić information content (AvgIpc) is 2.85. The van der Waals surface area contributed by atoms with Crippen molar-refractivity contribution in [3.8, 4) is 0 Å². The fourth-order valence-corrected chi connectivity index (χ4v) is 2.80. The van der Waals surface area contributed by atoms with Gasteiger partial charge in [0.1, 0.15) is 5.78 Å². The molecule has 0 aromatic heterocycles. The van der Waals surface area contributed by atoms with Crippen molar-refractivity contribution in [2.24, 2.45) is 0 Å². The molecule has 0 heterocycles. The number of carbonyl (C=O) groups excluding carboxylic acids is 1. The van der Waals surface area contributed by atoms with E-state index in [0.29, 0.717) is 23.8 Å². The quantitative estimate of drug-likeness (QED) is 0.386. The highest BCUT2D eigenvalue weighted by atomic mass is 19.4. The van der Waals surface area contributed by atoms with Gasteiger partial charge >= 0.3 is 12.4 Å². The molecule has 0 bridgehead atoms. The molecule has 0 spiro atoms. The lowest BCUT2D eigenvalue weighted by Crippen LogP contribution is -2.20. The summed E-state index contributed by atoms with van der Waals surface area (Å²) in [6.45, 7) is 13.4. The predicted octanol–water partition coefficient (Wildman–Crippen LogP) is 9.64. The Bertz CT molecular complexity index is 790. The molecule has 200 valence electrons. The third-order valence-corrected chi connectivity index (χ3v) is 4.65. The molecular formula is C27H38F6O2. The molecule has 1 aliphatic carbocycles. The lowest BCUT2D eigenvalue weighted by molar-refractivity contribution is -0.143. The Kier molecular flexibility index (Phi) is 17.0. The Morgan fingerprint density at radius 2 is 1.17 bits per heavy atom.